The average molecular weight is 156 g/mol. The van der Waals surface area contributed by atoms with Gasteiger partial charge in [-0.2, -0.15) is 0 Å². The SMILES string of the molecule is C=C[C@H](C)[C@H](O)C(CC)CC. The van der Waals surface area contributed by atoms with Crippen molar-refractivity contribution >= 4 is 0 Å². The predicted octanol–water partition coefficient (Wildman–Crippen LogP) is 2.61. The third-order valence-electron chi connectivity index (χ3n) is 2.44. The number of rotatable bonds is 5. The highest BCUT2D eigenvalue weighted by atomic mass is 16.3. The van der Waals surface area contributed by atoms with Gasteiger partial charge in [0, 0.05) is 0 Å². The Labute approximate surface area is 70.1 Å². The smallest absolute Gasteiger partial charge is 0.0627 e. The lowest BCUT2D eigenvalue weighted by atomic mass is 9.88. The van der Waals surface area contributed by atoms with E-state index < -0.39 is 0 Å². The first kappa shape index (κ1) is 10.7. The van der Waals surface area contributed by atoms with Crippen molar-refractivity contribution in [2.24, 2.45) is 11.8 Å². The van der Waals surface area contributed by atoms with E-state index in [2.05, 4.69) is 20.4 Å². The van der Waals surface area contributed by atoms with E-state index in [0.29, 0.717) is 5.92 Å². The van der Waals surface area contributed by atoms with E-state index in [-0.39, 0.29) is 12.0 Å². The van der Waals surface area contributed by atoms with Gasteiger partial charge >= 0.3 is 0 Å². The maximum absolute atomic E-state index is 9.71. The first-order chi connectivity index (χ1) is 5.17. The second-order valence-corrected chi connectivity index (χ2v) is 3.16. The van der Waals surface area contributed by atoms with Crippen LogP contribution in [0.15, 0.2) is 12.7 Å². The van der Waals surface area contributed by atoms with Crippen molar-refractivity contribution < 1.29 is 5.11 Å². The normalized spacial score (nSPS) is 16.5. The summed E-state index contributed by atoms with van der Waals surface area (Å²) in [7, 11) is 0. The Hall–Kier alpha value is -0.300. The minimum Gasteiger partial charge on any atom is -0.392 e. The van der Waals surface area contributed by atoms with Gasteiger partial charge in [0.05, 0.1) is 6.10 Å². The zero-order valence-corrected chi connectivity index (χ0v) is 7.88. The van der Waals surface area contributed by atoms with Gasteiger partial charge in [0.1, 0.15) is 0 Å². The molecule has 0 aromatic carbocycles. The highest BCUT2D eigenvalue weighted by Gasteiger charge is 2.19. The second-order valence-electron chi connectivity index (χ2n) is 3.16. The molecule has 0 radical (unpaired) electrons. The van der Waals surface area contributed by atoms with Crippen molar-refractivity contribution in [2.45, 2.75) is 39.7 Å². The molecular formula is C10H20O. The first-order valence-electron chi connectivity index (χ1n) is 4.47. The Kier molecular flexibility index (Phi) is 5.22. The summed E-state index contributed by atoms with van der Waals surface area (Å²) in [5.41, 5.74) is 0. The van der Waals surface area contributed by atoms with Crippen LogP contribution < -0.4 is 0 Å². The summed E-state index contributed by atoms with van der Waals surface area (Å²) in [6.45, 7) is 9.92. The van der Waals surface area contributed by atoms with Gasteiger partial charge in [-0.25, -0.2) is 0 Å². The predicted molar refractivity (Wildman–Crippen MR) is 49.4 cm³/mol. The molecule has 0 aliphatic rings. The number of aliphatic hydroxyl groups is 1. The van der Waals surface area contributed by atoms with Crippen LogP contribution in [0.1, 0.15) is 33.6 Å². The van der Waals surface area contributed by atoms with Crippen LogP contribution in [0.5, 0.6) is 0 Å². The topological polar surface area (TPSA) is 20.2 Å². The van der Waals surface area contributed by atoms with Crippen LogP contribution in [0.3, 0.4) is 0 Å². The average Bonchev–Trinajstić information content (AvgIpc) is 2.05. The summed E-state index contributed by atoms with van der Waals surface area (Å²) in [5.74, 6) is 0.655. The van der Waals surface area contributed by atoms with E-state index >= 15 is 0 Å². The fraction of sp³-hybridized carbons (Fsp3) is 0.800. The van der Waals surface area contributed by atoms with E-state index in [0.717, 1.165) is 12.8 Å². The summed E-state index contributed by atoms with van der Waals surface area (Å²) in [5, 5.41) is 9.71. The molecule has 0 saturated heterocycles. The lowest BCUT2D eigenvalue weighted by molar-refractivity contribution is 0.0709. The van der Waals surface area contributed by atoms with Crippen molar-refractivity contribution in [1.29, 1.82) is 0 Å². The lowest BCUT2D eigenvalue weighted by Crippen LogP contribution is -2.25. The number of hydrogen-bond acceptors (Lipinski definition) is 1. The van der Waals surface area contributed by atoms with E-state index in [4.69, 9.17) is 0 Å². The molecule has 0 unspecified atom stereocenters. The van der Waals surface area contributed by atoms with Gasteiger partial charge in [0.2, 0.25) is 0 Å². The Morgan fingerprint density at radius 1 is 1.36 bits per heavy atom. The maximum atomic E-state index is 9.71. The molecule has 66 valence electrons. The molecule has 0 bridgehead atoms. The molecule has 0 spiro atoms. The first-order valence-corrected chi connectivity index (χ1v) is 4.47. The van der Waals surface area contributed by atoms with E-state index in [1.165, 1.54) is 0 Å². The van der Waals surface area contributed by atoms with E-state index in [9.17, 15) is 5.11 Å². The molecule has 0 aromatic rings. The molecule has 1 nitrogen and oxygen atoms in total. The number of hydrogen-bond donors (Lipinski definition) is 1. The van der Waals surface area contributed by atoms with Crippen LogP contribution in [-0.2, 0) is 0 Å². The van der Waals surface area contributed by atoms with Gasteiger partial charge in [-0.05, 0) is 11.8 Å². The fourth-order valence-corrected chi connectivity index (χ4v) is 1.34. The molecule has 1 N–H and O–H groups in total. The van der Waals surface area contributed by atoms with Crippen LogP contribution in [-0.4, -0.2) is 11.2 Å². The van der Waals surface area contributed by atoms with Crippen molar-refractivity contribution in [3.63, 3.8) is 0 Å². The highest BCUT2D eigenvalue weighted by molar-refractivity contribution is 4.84. The molecule has 1 heteroatoms. The van der Waals surface area contributed by atoms with Crippen LogP contribution in [0.4, 0.5) is 0 Å². The summed E-state index contributed by atoms with van der Waals surface area (Å²) in [6.07, 6.45) is 3.72. The van der Waals surface area contributed by atoms with Gasteiger partial charge in [-0.3, -0.25) is 0 Å². The molecule has 0 aromatic heterocycles. The molecular weight excluding hydrogens is 136 g/mol. The van der Waals surface area contributed by atoms with E-state index in [1.54, 1.807) is 0 Å². The van der Waals surface area contributed by atoms with Gasteiger partial charge < -0.3 is 5.11 Å². The molecule has 0 aliphatic carbocycles. The van der Waals surface area contributed by atoms with Crippen LogP contribution >= 0.6 is 0 Å². The van der Waals surface area contributed by atoms with Gasteiger partial charge in [-0.15, -0.1) is 6.58 Å². The largest absolute Gasteiger partial charge is 0.392 e. The molecule has 11 heavy (non-hydrogen) atoms. The molecule has 0 rings (SSSR count). The Bertz CT molecular complexity index is 105. The maximum Gasteiger partial charge on any atom is 0.0627 e. The van der Waals surface area contributed by atoms with Gasteiger partial charge in [0.15, 0.2) is 0 Å². The van der Waals surface area contributed by atoms with Crippen molar-refractivity contribution in [3.05, 3.63) is 12.7 Å². The molecule has 0 heterocycles. The van der Waals surface area contributed by atoms with Crippen LogP contribution in [0.25, 0.3) is 0 Å². The van der Waals surface area contributed by atoms with E-state index in [1.807, 2.05) is 13.0 Å². The quantitative estimate of drug-likeness (QED) is 0.607. The Balaban J connectivity index is 3.95. The molecule has 2 atom stereocenters. The highest BCUT2D eigenvalue weighted by Crippen LogP contribution is 2.19. The van der Waals surface area contributed by atoms with Crippen LogP contribution in [0, 0.1) is 11.8 Å². The Morgan fingerprint density at radius 3 is 2.09 bits per heavy atom. The van der Waals surface area contributed by atoms with Crippen LogP contribution in [0.2, 0.25) is 0 Å². The van der Waals surface area contributed by atoms with Crippen molar-refractivity contribution in [1.82, 2.24) is 0 Å². The standard InChI is InChI=1S/C10H20O/c1-5-8(4)10(11)9(6-2)7-3/h5,8-11H,1,6-7H2,2-4H3/t8-,10-/m0/s1. The second kappa shape index (κ2) is 5.36. The zero-order chi connectivity index (χ0) is 8.85. The molecule has 0 aliphatic heterocycles. The summed E-state index contributed by atoms with van der Waals surface area (Å²) in [4.78, 5) is 0. The monoisotopic (exact) mass is 156 g/mol. The summed E-state index contributed by atoms with van der Waals surface area (Å²) < 4.78 is 0. The molecule has 0 fully saturated rings. The molecule has 0 saturated carbocycles. The minimum absolute atomic E-state index is 0.206. The Morgan fingerprint density at radius 2 is 1.82 bits per heavy atom. The fourth-order valence-electron chi connectivity index (χ4n) is 1.34. The third kappa shape index (κ3) is 3.06. The van der Waals surface area contributed by atoms with Crippen molar-refractivity contribution in [3.8, 4) is 0 Å². The van der Waals surface area contributed by atoms with Gasteiger partial charge in [0.25, 0.3) is 0 Å². The number of aliphatic hydroxyl groups excluding tert-OH is 1. The molecule has 0 amide bonds. The summed E-state index contributed by atoms with van der Waals surface area (Å²) >= 11 is 0. The van der Waals surface area contributed by atoms with Crippen molar-refractivity contribution in [2.75, 3.05) is 0 Å². The third-order valence-corrected chi connectivity index (χ3v) is 2.44. The lowest BCUT2D eigenvalue weighted by Gasteiger charge is -2.23. The minimum atomic E-state index is -0.206. The van der Waals surface area contributed by atoms with Gasteiger partial charge in [-0.1, -0.05) is 39.7 Å². The zero-order valence-electron chi connectivity index (χ0n) is 7.88. The summed E-state index contributed by atoms with van der Waals surface area (Å²) in [6, 6.07) is 0.